The van der Waals surface area contributed by atoms with E-state index in [-0.39, 0.29) is 6.61 Å². The van der Waals surface area contributed by atoms with Gasteiger partial charge in [-0.1, -0.05) is 66.7 Å². The lowest BCUT2D eigenvalue weighted by molar-refractivity contribution is 0.0466. The number of aromatic nitrogens is 1. The number of rotatable bonds is 4. The Kier molecular flexibility index (Phi) is 4.81. The van der Waals surface area contributed by atoms with Crippen molar-refractivity contribution in [2.24, 2.45) is 0 Å². The minimum absolute atomic E-state index is 0.160. The van der Waals surface area contributed by atoms with Crippen LogP contribution < -0.4 is 0 Å². The molecule has 1 aromatic heterocycles. The summed E-state index contributed by atoms with van der Waals surface area (Å²) in [6.45, 7) is 0.160. The monoisotopic (exact) mass is 364 g/mol. The Labute approximate surface area is 162 Å². The van der Waals surface area contributed by atoms with E-state index < -0.39 is 5.97 Å². The summed E-state index contributed by atoms with van der Waals surface area (Å²) in [5, 5.41) is 10.2. The molecule has 4 rings (SSSR count). The van der Waals surface area contributed by atoms with Gasteiger partial charge in [0, 0.05) is 5.39 Å². The van der Waals surface area contributed by atoms with Crippen LogP contribution in [-0.4, -0.2) is 11.0 Å². The Hall–Kier alpha value is -3.97. The summed E-state index contributed by atoms with van der Waals surface area (Å²) in [6.07, 6.45) is 0. The number of carbonyl (C=O) groups excluding carboxylic acids is 1. The molecule has 1 heterocycles. The molecule has 0 aliphatic carbocycles. The molecule has 4 nitrogen and oxygen atoms in total. The maximum atomic E-state index is 12.3. The van der Waals surface area contributed by atoms with Gasteiger partial charge in [-0.3, -0.25) is 0 Å². The Bertz CT molecular complexity index is 1190. The topological polar surface area (TPSA) is 63.0 Å². The molecule has 4 aromatic rings. The van der Waals surface area contributed by atoms with Gasteiger partial charge in [0.2, 0.25) is 0 Å². The van der Waals surface area contributed by atoms with Crippen molar-refractivity contribution < 1.29 is 9.53 Å². The van der Waals surface area contributed by atoms with Crippen LogP contribution in [0.5, 0.6) is 0 Å². The third-order valence-electron chi connectivity index (χ3n) is 4.49. The van der Waals surface area contributed by atoms with Crippen molar-refractivity contribution in [2.45, 2.75) is 6.61 Å². The molecule has 0 aliphatic heterocycles. The average Bonchev–Trinajstić information content (AvgIpc) is 2.77. The van der Waals surface area contributed by atoms with Gasteiger partial charge in [0.15, 0.2) is 0 Å². The number of para-hydroxylation sites is 1. The van der Waals surface area contributed by atoms with Crippen molar-refractivity contribution in [3.63, 3.8) is 0 Å². The third kappa shape index (κ3) is 3.60. The average molecular weight is 364 g/mol. The summed E-state index contributed by atoms with van der Waals surface area (Å²) in [6, 6.07) is 28.5. The van der Waals surface area contributed by atoms with Crippen molar-refractivity contribution in [3.05, 3.63) is 102 Å². The minimum atomic E-state index is -0.454. The zero-order valence-corrected chi connectivity index (χ0v) is 15.0. The lowest BCUT2D eigenvalue weighted by Gasteiger charge is -2.08. The normalized spacial score (nSPS) is 10.4. The standard InChI is InChI=1S/C24H16N2O2/c25-15-20-6-1-3-7-21(20)18-11-9-17(10-12-18)16-28-24(27)23-14-13-19-5-2-4-8-22(19)26-23/h1-14H,16H2. The van der Waals surface area contributed by atoms with Gasteiger partial charge in [0.05, 0.1) is 17.1 Å². The molecule has 0 saturated heterocycles. The molecule has 0 fully saturated rings. The van der Waals surface area contributed by atoms with Crippen LogP contribution in [0.3, 0.4) is 0 Å². The Balaban J connectivity index is 1.46. The Morgan fingerprint density at radius 1 is 0.893 bits per heavy atom. The second-order valence-corrected chi connectivity index (χ2v) is 6.32. The number of ether oxygens (including phenoxy) is 1. The van der Waals surface area contributed by atoms with Gasteiger partial charge >= 0.3 is 5.97 Å². The molecule has 4 heteroatoms. The summed E-state index contributed by atoms with van der Waals surface area (Å²) in [7, 11) is 0. The molecule has 0 atom stereocenters. The molecule has 0 radical (unpaired) electrons. The van der Waals surface area contributed by atoms with E-state index in [1.807, 2.05) is 72.8 Å². The highest BCUT2D eigenvalue weighted by molar-refractivity contribution is 5.91. The summed E-state index contributed by atoms with van der Waals surface area (Å²) in [4.78, 5) is 16.7. The zero-order chi connectivity index (χ0) is 19.3. The first-order valence-electron chi connectivity index (χ1n) is 8.86. The molecule has 0 N–H and O–H groups in total. The molecule has 0 bridgehead atoms. The number of pyridine rings is 1. The van der Waals surface area contributed by atoms with Gasteiger partial charge in [0.1, 0.15) is 12.3 Å². The maximum absolute atomic E-state index is 12.3. The highest BCUT2D eigenvalue weighted by Crippen LogP contribution is 2.23. The number of benzene rings is 3. The molecule has 134 valence electrons. The summed E-state index contributed by atoms with van der Waals surface area (Å²) in [5.41, 5.74) is 4.38. The largest absolute Gasteiger partial charge is 0.456 e. The van der Waals surface area contributed by atoms with E-state index in [9.17, 15) is 10.1 Å². The van der Waals surface area contributed by atoms with Crippen molar-refractivity contribution >= 4 is 16.9 Å². The maximum Gasteiger partial charge on any atom is 0.357 e. The van der Waals surface area contributed by atoms with Gasteiger partial charge in [0.25, 0.3) is 0 Å². The first-order chi connectivity index (χ1) is 13.7. The van der Waals surface area contributed by atoms with E-state index in [4.69, 9.17) is 4.74 Å². The number of nitrogens with zero attached hydrogens (tertiary/aromatic N) is 2. The number of fused-ring (bicyclic) bond motifs is 1. The second-order valence-electron chi connectivity index (χ2n) is 6.32. The number of carbonyl (C=O) groups is 1. The molecule has 28 heavy (non-hydrogen) atoms. The fraction of sp³-hybridized carbons (Fsp3) is 0.0417. The third-order valence-corrected chi connectivity index (χ3v) is 4.49. The number of hydrogen-bond acceptors (Lipinski definition) is 4. The predicted molar refractivity (Wildman–Crippen MR) is 107 cm³/mol. The zero-order valence-electron chi connectivity index (χ0n) is 15.0. The molecule has 0 unspecified atom stereocenters. The minimum Gasteiger partial charge on any atom is -0.456 e. The fourth-order valence-corrected chi connectivity index (χ4v) is 3.02. The van der Waals surface area contributed by atoms with Gasteiger partial charge in [-0.05, 0) is 34.9 Å². The molecular formula is C24H16N2O2. The van der Waals surface area contributed by atoms with Gasteiger partial charge < -0.3 is 4.74 Å². The second kappa shape index (κ2) is 7.73. The van der Waals surface area contributed by atoms with Crippen LogP contribution >= 0.6 is 0 Å². The van der Waals surface area contributed by atoms with E-state index in [2.05, 4.69) is 11.1 Å². The Morgan fingerprint density at radius 3 is 2.46 bits per heavy atom. The highest BCUT2D eigenvalue weighted by atomic mass is 16.5. The van der Waals surface area contributed by atoms with Crippen molar-refractivity contribution in [1.29, 1.82) is 5.26 Å². The number of esters is 1. The van der Waals surface area contributed by atoms with Crippen LogP contribution in [0.4, 0.5) is 0 Å². The number of hydrogen-bond donors (Lipinski definition) is 0. The smallest absolute Gasteiger partial charge is 0.357 e. The molecule has 0 aliphatic rings. The van der Waals surface area contributed by atoms with Crippen LogP contribution in [0.15, 0.2) is 84.9 Å². The first kappa shape index (κ1) is 17.4. The van der Waals surface area contributed by atoms with Gasteiger partial charge in [-0.25, -0.2) is 9.78 Å². The van der Waals surface area contributed by atoms with E-state index in [1.165, 1.54) is 0 Å². The number of nitriles is 1. The highest BCUT2D eigenvalue weighted by Gasteiger charge is 2.10. The van der Waals surface area contributed by atoms with Crippen LogP contribution in [-0.2, 0) is 11.3 Å². The van der Waals surface area contributed by atoms with Crippen LogP contribution in [0.2, 0.25) is 0 Å². The van der Waals surface area contributed by atoms with E-state index >= 15 is 0 Å². The van der Waals surface area contributed by atoms with E-state index in [0.29, 0.717) is 11.3 Å². The Morgan fingerprint density at radius 2 is 1.64 bits per heavy atom. The van der Waals surface area contributed by atoms with Crippen molar-refractivity contribution in [1.82, 2.24) is 4.98 Å². The van der Waals surface area contributed by atoms with Gasteiger partial charge in [-0.2, -0.15) is 5.26 Å². The first-order valence-corrected chi connectivity index (χ1v) is 8.86. The van der Waals surface area contributed by atoms with Crippen molar-refractivity contribution in [3.8, 4) is 17.2 Å². The molecular weight excluding hydrogens is 348 g/mol. The molecule has 0 saturated carbocycles. The predicted octanol–water partition coefficient (Wildman–Crippen LogP) is 5.13. The summed E-state index contributed by atoms with van der Waals surface area (Å²) in [5.74, 6) is -0.454. The van der Waals surface area contributed by atoms with Crippen molar-refractivity contribution in [2.75, 3.05) is 0 Å². The van der Waals surface area contributed by atoms with E-state index in [0.717, 1.165) is 27.6 Å². The summed E-state index contributed by atoms with van der Waals surface area (Å²) < 4.78 is 5.40. The van der Waals surface area contributed by atoms with Crippen LogP contribution in [0.25, 0.3) is 22.0 Å². The SMILES string of the molecule is N#Cc1ccccc1-c1ccc(COC(=O)c2ccc3ccccc3n2)cc1. The molecule has 0 spiro atoms. The molecule has 0 amide bonds. The quantitative estimate of drug-likeness (QED) is 0.471. The van der Waals surface area contributed by atoms with E-state index in [1.54, 1.807) is 12.1 Å². The lowest BCUT2D eigenvalue weighted by atomic mass is 9.99. The fourth-order valence-electron chi connectivity index (χ4n) is 3.02. The summed E-state index contributed by atoms with van der Waals surface area (Å²) >= 11 is 0. The van der Waals surface area contributed by atoms with Crippen LogP contribution in [0.1, 0.15) is 21.6 Å². The molecule has 3 aromatic carbocycles. The van der Waals surface area contributed by atoms with Crippen LogP contribution in [0, 0.1) is 11.3 Å². The lowest BCUT2D eigenvalue weighted by Crippen LogP contribution is -2.07. The van der Waals surface area contributed by atoms with Gasteiger partial charge in [-0.15, -0.1) is 0 Å².